The van der Waals surface area contributed by atoms with Crippen molar-refractivity contribution in [3.05, 3.63) is 35.6 Å². The molecule has 98 valence electrons. The maximum Gasteiger partial charge on any atom is 0.127 e. The molecule has 1 aliphatic heterocycles. The molecule has 2 fully saturated rings. The topological polar surface area (TPSA) is 15.3 Å². The van der Waals surface area contributed by atoms with E-state index in [4.69, 9.17) is 0 Å². The smallest absolute Gasteiger partial charge is 0.127 e. The first-order valence-electron chi connectivity index (χ1n) is 6.95. The maximum absolute atomic E-state index is 13.7. The van der Waals surface area contributed by atoms with Crippen LogP contribution in [0.4, 0.5) is 4.39 Å². The van der Waals surface area contributed by atoms with E-state index in [1.165, 1.54) is 12.8 Å². The molecule has 2 unspecified atom stereocenters. The van der Waals surface area contributed by atoms with Crippen LogP contribution in [0.1, 0.15) is 25.3 Å². The summed E-state index contributed by atoms with van der Waals surface area (Å²) in [5.74, 6) is 0.784. The van der Waals surface area contributed by atoms with E-state index in [0.29, 0.717) is 12.1 Å². The lowest BCUT2D eigenvalue weighted by Crippen LogP contribution is -2.55. The molecule has 1 aromatic carbocycles. The van der Waals surface area contributed by atoms with Crippen LogP contribution in [0.15, 0.2) is 24.3 Å². The molecule has 0 aromatic heterocycles. The van der Waals surface area contributed by atoms with E-state index >= 15 is 0 Å². The molecule has 2 aliphatic rings. The number of hydrogen-bond acceptors (Lipinski definition) is 2. The number of piperazine rings is 1. The van der Waals surface area contributed by atoms with Crippen LogP contribution >= 0.6 is 0 Å². The highest BCUT2D eigenvalue weighted by Crippen LogP contribution is 2.34. The number of rotatable bonds is 3. The Hall–Kier alpha value is -0.930. The first-order valence-corrected chi connectivity index (χ1v) is 6.95. The summed E-state index contributed by atoms with van der Waals surface area (Å²) in [7, 11) is 0. The first-order chi connectivity index (χ1) is 8.74. The van der Waals surface area contributed by atoms with Gasteiger partial charge in [0.1, 0.15) is 5.82 Å². The lowest BCUT2D eigenvalue weighted by molar-refractivity contribution is 0.124. The normalized spacial score (nSPS) is 29.4. The third kappa shape index (κ3) is 2.57. The summed E-state index contributed by atoms with van der Waals surface area (Å²) in [5, 5.41) is 3.63. The van der Waals surface area contributed by atoms with E-state index < -0.39 is 0 Å². The van der Waals surface area contributed by atoms with Crippen LogP contribution in [0, 0.1) is 11.7 Å². The monoisotopic (exact) mass is 248 g/mol. The second kappa shape index (κ2) is 4.98. The van der Waals surface area contributed by atoms with Gasteiger partial charge in [0, 0.05) is 37.3 Å². The summed E-state index contributed by atoms with van der Waals surface area (Å²) in [6, 6.07) is 8.24. The van der Waals surface area contributed by atoms with E-state index in [1.54, 1.807) is 12.1 Å². The number of benzene rings is 1. The summed E-state index contributed by atoms with van der Waals surface area (Å²) in [5.41, 5.74) is 0.820. The van der Waals surface area contributed by atoms with Crippen molar-refractivity contribution in [2.24, 2.45) is 5.92 Å². The van der Waals surface area contributed by atoms with Crippen molar-refractivity contribution in [1.29, 1.82) is 0 Å². The van der Waals surface area contributed by atoms with E-state index in [2.05, 4.69) is 17.1 Å². The second-order valence-corrected chi connectivity index (χ2v) is 5.72. The lowest BCUT2D eigenvalue weighted by atomic mass is 10.0. The van der Waals surface area contributed by atoms with Crippen molar-refractivity contribution in [3.63, 3.8) is 0 Å². The minimum Gasteiger partial charge on any atom is -0.311 e. The molecule has 0 spiro atoms. The molecule has 1 aliphatic carbocycles. The molecule has 0 amide bonds. The summed E-state index contributed by atoms with van der Waals surface area (Å²) in [4.78, 5) is 2.41. The van der Waals surface area contributed by atoms with Gasteiger partial charge in [-0.3, -0.25) is 4.90 Å². The predicted octanol–water partition coefficient (Wildman–Crippen LogP) is 2.40. The minimum absolute atomic E-state index is 0.0776. The number of halogens is 1. The van der Waals surface area contributed by atoms with Gasteiger partial charge in [0.05, 0.1) is 0 Å². The van der Waals surface area contributed by atoms with Crippen LogP contribution in [0.2, 0.25) is 0 Å². The van der Waals surface area contributed by atoms with Gasteiger partial charge in [0.25, 0.3) is 0 Å². The van der Waals surface area contributed by atoms with Crippen molar-refractivity contribution < 1.29 is 4.39 Å². The molecule has 2 atom stereocenters. The van der Waals surface area contributed by atoms with Crippen LogP contribution in [0.3, 0.4) is 0 Å². The van der Waals surface area contributed by atoms with Crippen LogP contribution in [0.25, 0.3) is 0 Å². The molecule has 18 heavy (non-hydrogen) atoms. The highest BCUT2D eigenvalue weighted by molar-refractivity contribution is 5.17. The van der Waals surface area contributed by atoms with Gasteiger partial charge in [-0.25, -0.2) is 4.39 Å². The summed E-state index contributed by atoms with van der Waals surface area (Å²) in [6.07, 6.45) is 2.72. The van der Waals surface area contributed by atoms with Gasteiger partial charge in [-0.15, -0.1) is 0 Å². The van der Waals surface area contributed by atoms with Crippen LogP contribution in [-0.2, 0) is 6.54 Å². The van der Waals surface area contributed by atoms with Gasteiger partial charge in [-0.2, -0.15) is 0 Å². The minimum atomic E-state index is -0.0776. The van der Waals surface area contributed by atoms with Crippen molar-refractivity contribution in [1.82, 2.24) is 10.2 Å². The third-order valence-electron chi connectivity index (χ3n) is 4.25. The second-order valence-electron chi connectivity index (χ2n) is 5.72. The Balaban J connectivity index is 1.68. The molecule has 1 saturated heterocycles. The summed E-state index contributed by atoms with van der Waals surface area (Å²) < 4.78 is 13.7. The Morgan fingerprint density at radius 2 is 2.11 bits per heavy atom. The SMILES string of the molecule is CC1CNC(C2CC2)CN1Cc1ccccc1F. The zero-order valence-electron chi connectivity index (χ0n) is 10.9. The maximum atomic E-state index is 13.7. The number of hydrogen-bond donors (Lipinski definition) is 1. The predicted molar refractivity (Wildman–Crippen MR) is 70.8 cm³/mol. The fraction of sp³-hybridized carbons (Fsp3) is 0.600. The molecular formula is C15H21FN2. The first kappa shape index (κ1) is 12.1. The molecule has 1 saturated carbocycles. The molecule has 2 nitrogen and oxygen atoms in total. The average Bonchev–Trinajstić information content (AvgIpc) is 3.19. The van der Waals surface area contributed by atoms with Crippen molar-refractivity contribution in [2.45, 2.75) is 38.4 Å². The average molecular weight is 248 g/mol. The van der Waals surface area contributed by atoms with Crippen molar-refractivity contribution in [2.75, 3.05) is 13.1 Å². The molecule has 0 radical (unpaired) electrons. The molecule has 0 bridgehead atoms. The van der Waals surface area contributed by atoms with Crippen LogP contribution in [-0.4, -0.2) is 30.1 Å². The number of nitrogens with zero attached hydrogens (tertiary/aromatic N) is 1. The fourth-order valence-electron chi connectivity index (χ4n) is 2.83. The third-order valence-corrected chi connectivity index (χ3v) is 4.25. The Bertz CT molecular complexity index is 417. The van der Waals surface area contributed by atoms with E-state index in [0.717, 1.165) is 31.1 Å². The summed E-state index contributed by atoms with van der Waals surface area (Å²) >= 11 is 0. The standard InChI is InChI=1S/C15H21FN2/c1-11-8-17-15(12-6-7-12)10-18(11)9-13-4-2-3-5-14(13)16/h2-5,11-12,15,17H,6-10H2,1H3. The highest BCUT2D eigenvalue weighted by Gasteiger charge is 2.36. The molecular weight excluding hydrogens is 227 g/mol. The molecule has 3 heteroatoms. The van der Waals surface area contributed by atoms with Gasteiger partial charge in [-0.1, -0.05) is 18.2 Å². The Morgan fingerprint density at radius 1 is 1.33 bits per heavy atom. The van der Waals surface area contributed by atoms with E-state index in [9.17, 15) is 4.39 Å². The van der Waals surface area contributed by atoms with Crippen LogP contribution in [0.5, 0.6) is 0 Å². The van der Waals surface area contributed by atoms with Gasteiger partial charge in [0.2, 0.25) is 0 Å². The van der Waals surface area contributed by atoms with Gasteiger partial charge in [0.15, 0.2) is 0 Å². The van der Waals surface area contributed by atoms with Crippen molar-refractivity contribution >= 4 is 0 Å². The Morgan fingerprint density at radius 3 is 2.83 bits per heavy atom. The zero-order valence-corrected chi connectivity index (χ0v) is 10.9. The zero-order chi connectivity index (χ0) is 12.5. The molecule has 1 heterocycles. The number of nitrogens with one attached hydrogen (secondary N) is 1. The largest absolute Gasteiger partial charge is 0.311 e. The quantitative estimate of drug-likeness (QED) is 0.883. The van der Waals surface area contributed by atoms with E-state index in [-0.39, 0.29) is 5.82 Å². The molecule has 1 N–H and O–H groups in total. The molecule has 3 rings (SSSR count). The Labute approximate surface area is 108 Å². The lowest BCUT2D eigenvalue weighted by Gasteiger charge is -2.39. The van der Waals surface area contributed by atoms with Gasteiger partial charge in [-0.05, 0) is 31.7 Å². The molecule has 1 aromatic rings. The van der Waals surface area contributed by atoms with Gasteiger partial charge >= 0.3 is 0 Å². The van der Waals surface area contributed by atoms with Crippen molar-refractivity contribution in [3.8, 4) is 0 Å². The summed E-state index contributed by atoms with van der Waals surface area (Å²) in [6.45, 7) is 5.03. The Kier molecular flexibility index (Phi) is 3.35. The highest BCUT2D eigenvalue weighted by atomic mass is 19.1. The van der Waals surface area contributed by atoms with Gasteiger partial charge < -0.3 is 5.32 Å². The van der Waals surface area contributed by atoms with E-state index in [1.807, 2.05) is 12.1 Å². The van der Waals surface area contributed by atoms with Crippen LogP contribution < -0.4 is 5.32 Å². The fourth-order valence-corrected chi connectivity index (χ4v) is 2.83.